The first-order valence-electron chi connectivity index (χ1n) is 9.99. The van der Waals surface area contributed by atoms with Gasteiger partial charge in [-0.25, -0.2) is 9.37 Å². The van der Waals surface area contributed by atoms with Crippen LogP contribution < -0.4 is 4.90 Å². The number of hydrogen-bond donors (Lipinski definition) is 1. The summed E-state index contributed by atoms with van der Waals surface area (Å²) < 4.78 is 14.8. The molecule has 0 spiro atoms. The predicted octanol–water partition coefficient (Wildman–Crippen LogP) is 4.17. The minimum Gasteiger partial charge on any atom is -0.492 e. The molecule has 4 aromatic rings. The molecule has 0 amide bonds. The Hall–Kier alpha value is -2.49. The van der Waals surface area contributed by atoms with Crippen LogP contribution in [0.3, 0.4) is 0 Å². The van der Waals surface area contributed by atoms with E-state index in [9.17, 15) is 9.50 Å². The smallest absolute Gasteiger partial charge is 0.230 e. The van der Waals surface area contributed by atoms with E-state index < -0.39 is 0 Å². The number of aryl methyl sites for hydroxylation is 1. The summed E-state index contributed by atoms with van der Waals surface area (Å²) >= 11 is 3.20. The third-order valence-corrected chi connectivity index (χ3v) is 7.49. The van der Waals surface area contributed by atoms with Gasteiger partial charge in [-0.05, 0) is 35.7 Å². The number of piperazine rings is 1. The first-order valence-corrected chi connectivity index (χ1v) is 11.7. The highest BCUT2D eigenvalue weighted by atomic mass is 32.1. The average molecular weight is 444 g/mol. The molecule has 1 unspecified atom stereocenters. The maximum Gasteiger partial charge on any atom is 0.230 e. The lowest BCUT2D eigenvalue weighted by molar-refractivity contribution is 0.213. The van der Waals surface area contributed by atoms with Crippen LogP contribution >= 0.6 is 22.7 Å². The second kappa shape index (κ2) is 7.98. The van der Waals surface area contributed by atoms with E-state index in [0.29, 0.717) is 0 Å². The van der Waals surface area contributed by atoms with Gasteiger partial charge in [0, 0.05) is 43.2 Å². The van der Waals surface area contributed by atoms with Gasteiger partial charge < -0.3 is 10.0 Å². The van der Waals surface area contributed by atoms with Crippen LogP contribution in [0.4, 0.5) is 10.1 Å². The van der Waals surface area contributed by atoms with Crippen molar-refractivity contribution in [1.29, 1.82) is 0 Å². The minimum atomic E-state index is -0.215. The number of benzene rings is 1. The van der Waals surface area contributed by atoms with E-state index in [-0.39, 0.29) is 17.7 Å². The molecule has 156 valence electrons. The number of aromatic hydroxyl groups is 1. The van der Waals surface area contributed by atoms with E-state index in [1.165, 1.54) is 28.3 Å². The number of fused-ring (bicyclic) bond motifs is 1. The molecule has 0 bridgehead atoms. The Morgan fingerprint density at radius 3 is 2.53 bits per heavy atom. The molecular formula is C21H22FN5OS2. The number of thiazole rings is 1. The van der Waals surface area contributed by atoms with Gasteiger partial charge in [-0.1, -0.05) is 24.3 Å². The van der Waals surface area contributed by atoms with E-state index in [1.807, 2.05) is 25.1 Å². The zero-order valence-corrected chi connectivity index (χ0v) is 18.2. The van der Waals surface area contributed by atoms with E-state index in [2.05, 4.69) is 31.3 Å². The molecule has 1 aliphatic heterocycles. The quantitative estimate of drug-likeness (QED) is 0.502. The largest absolute Gasteiger partial charge is 0.492 e. The molecule has 5 rings (SSSR count). The third kappa shape index (κ3) is 3.46. The lowest BCUT2D eigenvalue weighted by Gasteiger charge is -2.39. The molecular weight excluding hydrogens is 421 g/mol. The first kappa shape index (κ1) is 19.5. The topological polar surface area (TPSA) is 56.9 Å². The van der Waals surface area contributed by atoms with Crippen molar-refractivity contribution in [3.8, 4) is 5.88 Å². The molecule has 1 aromatic carbocycles. The van der Waals surface area contributed by atoms with Crippen molar-refractivity contribution >= 4 is 33.3 Å². The zero-order valence-electron chi connectivity index (χ0n) is 16.5. The minimum absolute atomic E-state index is 0.0288. The van der Waals surface area contributed by atoms with Gasteiger partial charge in [-0.15, -0.1) is 16.4 Å². The Bertz CT molecular complexity index is 1130. The fourth-order valence-electron chi connectivity index (χ4n) is 3.93. The maximum atomic E-state index is 13.3. The van der Waals surface area contributed by atoms with Crippen LogP contribution in [0.15, 0.2) is 41.8 Å². The summed E-state index contributed by atoms with van der Waals surface area (Å²) in [5.74, 6) is 0.707. The Morgan fingerprint density at radius 1 is 1.13 bits per heavy atom. The summed E-state index contributed by atoms with van der Waals surface area (Å²) in [6.45, 7) is 5.37. The van der Waals surface area contributed by atoms with Crippen LogP contribution in [-0.2, 0) is 6.42 Å². The van der Waals surface area contributed by atoms with E-state index in [0.717, 1.165) is 53.9 Å². The van der Waals surface area contributed by atoms with Gasteiger partial charge in [0.2, 0.25) is 10.8 Å². The highest BCUT2D eigenvalue weighted by Gasteiger charge is 2.32. The molecule has 1 N–H and O–H groups in total. The first-order chi connectivity index (χ1) is 14.6. The zero-order chi connectivity index (χ0) is 20.7. The Kier molecular flexibility index (Phi) is 5.18. The number of nitrogens with zero attached hydrogens (tertiary/aromatic N) is 5. The van der Waals surface area contributed by atoms with Crippen LogP contribution in [0.25, 0.3) is 4.96 Å². The summed E-state index contributed by atoms with van der Waals surface area (Å²) in [5.41, 5.74) is 1.04. The van der Waals surface area contributed by atoms with Crippen LogP contribution in [0.1, 0.15) is 28.5 Å². The van der Waals surface area contributed by atoms with Gasteiger partial charge in [0.1, 0.15) is 5.82 Å². The second-order valence-electron chi connectivity index (χ2n) is 7.28. The number of anilines is 1. The lowest BCUT2D eigenvalue weighted by atomic mass is 10.1. The standard InChI is InChI=1S/C21H22FN5OS2/c1-2-17-23-21-27(24-17)20(28)19(30-21)18(16-4-3-13-29-16)26-11-9-25(10-12-26)15-7-5-14(22)6-8-15/h3-8,13,18,28H,2,9-12H2,1H3. The number of hydrogen-bond acceptors (Lipinski definition) is 7. The average Bonchev–Trinajstić information content (AvgIpc) is 3.49. The summed E-state index contributed by atoms with van der Waals surface area (Å²) in [6.07, 6.45) is 0.739. The maximum absolute atomic E-state index is 13.3. The Balaban J connectivity index is 1.43. The van der Waals surface area contributed by atoms with Crippen molar-refractivity contribution < 1.29 is 9.50 Å². The summed E-state index contributed by atoms with van der Waals surface area (Å²) in [5, 5.41) is 17.5. The molecule has 6 nitrogen and oxygen atoms in total. The fourth-order valence-corrected chi connectivity index (χ4v) is 6.00. The van der Waals surface area contributed by atoms with Gasteiger partial charge in [0.05, 0.1) is 10.9 Å². The highest BCUT2D eigenvalue weighted by molar-refractivity contribution is 7.17. The normalized spacial score (nSPS) is 16.4. The molecule has 0 aliphatic carbocycles. The summed E-state index contributed by atoms with van der Waals surface area (Å²) in [6, 6.07) is 10.8. The van der Waals surface area contributed by atoms with Crippen LogP contribution in [0.2, 0.25) is 0 Å². The van der Waals surface area contributed by atoms with Crippen molar-refractivity contribution in [3.05, 3.63) is 63.2 Å². The SMILES string of the molecule is CCc1nc2sc(C(c3cccs3)N3CCN(c4ccc(F)cc4)CC3)c(O)n2n1. The molecule has 0 saturated carbocycles. The Morgan fingerprint density at radius 2 is 1.90 bits per heavy atom. The molecule has 30 heavy (non-hydrogen) atoms. The van der Waals surface area contributed by atoms with Crippen molar-refractivity contribution in [1.82, 2.24) is 19.5 Å². The molecule has 1 atom stereocenters. The van der Waals surface area contributed by atoms with Crippen LogP contribution in [0, 0.1) is 5.82 Å². The lowest BCUT2D eigenvalue weighted by Crippen LogP contribution is -2.47. The van der Waals surface area contributed by atoms with Crippen molar-refractivity contribution in [3.63, 3.8) is 0 Å². The van der Waals surface area contributed by atoms with Gasteiger partial charge in [0.15, 0.2) is 5.82 Å². The van der Waals surface area contributed by atoms with Crippen LogP contribution in [-0.4, -0.2) is 50.8 Å². The van der Waals surface area contributed by atoms with Gasteiger partial charge >= 0.3 is 0 Å². The number of aromatic nitrogens is 3. The molecule has 4 heterocycles. The van der Waals surface area contributed by atoms with Gasteiger partial charge in [-0.3, -0.25) is 4.90 Å². The van der Waals surface area contributed by atoms with E-state index >= 15 is 0 Å². The van der Waals surface area contributed by atoms with E-state index in [4.69, 9.17) is 0 Å². The predicted molar refractivity (Wildman–Crippen MR) is 118 cm³/mol. The fraction of sp³-hybridized carbons (Fsp3) is 0.333. The number of rotatable bonds is 5. The van der Waals surface area contributed by atoms with Crippen molar-refractivity contribution in [2.75, 3.05) is 31.1 Å². The Labute approximate surface area is 181 Å². The summed E-state index contributed by atoms with van der Waals surface area (Å²) in [4.78, 5) is 12.0. The van der Waals surface area contributed by atoms with Crippen LogP contribution in [0.5, 0.6) is 5.88 Å². The highest BCUT2D eigenvalue weighted by Crippen LogP contribution is 2.41. The summed E-state index contributed by atoms with van der Waals surface area (Å²) in [7, 11) is 0. The second-order valence-corrected chi connectivity index (χ2v) is 9.27. The molecule has 9 heteroatoms. The molecule has 1 aliphatic rings. The third-order valence-electron chi connectivity index (χ3n) is 5.49. The molecule has 3 aromatic heterocycles. The van der Waals surface area contributed by atoms with E-state index in [1.54, 1.807) is 15.9 Å². The number of halogens is 1. The van der Waals surface area contributed by atoms with Gasteiger partial charge in [-0.2, -0.15) is 4.52 Å². The van der Waals surface area contributed by atoms with Crippen molar-refractivity contribution in [2.24, 2.45) is 0 Å². The molecule has 1 saturated heterocycles. The number of thiophene rings is 1. The molecule has 1 fully saturated rings. The monoisotopic (exact) mass is 443 g/mol. The van der Waals surface area contributed by atoms with Gasteiger partial charge in [0.25, 0.3) is 0 Å². The van der Waals surface area contributed by atoms with Crippen molar-refractivity contribution in [2.45, 2.75) is 19.4 Å². The molecule has 0 radical (unpaired) electrons.